The average molecular weight is 482 g/mol. The summed E-state index contributed by atoms with van der Waals surface area (Å²) in [5.74, 6) is 0.00701. The number of carbonyl (C=O) groups excluding carboxylic acids is 1. The van der Waals surface area contributed by atoms with Crippen LogP contribution in [0.4, 0.5) is 5.82 Å². The molecule has 0 spiro atoms. The molecule has 3 heterocycles. The highest BCUT2D eigenvalue weighted by atomic mass is 35.5. The zero-order valence-electron chi connectivity index (χ0n) is 19.4. The highest BCUT2D eigenvalue weighted by Gasteiger charge is 2.53. The van der Waals surface area contributed by atoms with Crippen LogP contribution in [0, 0.1) is 5.92 Å². The van der Waals surface area contributed by atoms with E-state index < -0.39 is 5.79 Å². The van der Waals surface area contributed by atoms with Crippen LogP contribution in [0.15, 0.2) is 49.1 Å². The van der Waals surface area contributed by atoms with Crippen LogP contribution in [-0.2, 0) is 16.0 Å². The number of fused-ring (bicyclic) bond motifs is 1. The number of hydrogen-bond donors (Lipinski definition) is 1. The number of anilines is 1. The van der Waals surface area contributed by atoms with Gasteiger partial charge in [0, 0.05) is 17.4 Å². The molecule has 1 aromatic carbocycles. The normalized spacial score (nSPS) is 25.3. The van der Waals surface area contributed by atoms with Crippen LogP contribution >= 0.6 is 11.6 Å². The molecule has 2 aromatic heterocycles. The SMILES string of the molecule is CC[C@H]1C[C@@H](Nc2ncncc2C(=O)c2ccn(Cc3cccc(Cl)c3)n2)[C@@H]2OC(C)(C)O[C@H]12. The van der Waals surface area contributed by atoms with Crippen LogP contribution < -0.4 is 5.32 Å². The second kappa shape index (κ2) is 9.09. The van der Waals surface area contributed by atoms with Crippen LogP contribution in [0.25, 0.3) is 0 Å². The van der Waals surface area contributed by atoms with E-state index >= 15 is 0 Å². The van der Waals surface area contributed by atoms with Crippen molar-refractivity contribution < 1.29 is 14.3 Å². The zero-order chi connectivity index (χ0) is 23.9. The first-order valence-electron chi connectivity index (χ1n) is 11.6. The molecule has 0 radical (unpaired) electrons. The number of carbonyl (C=O) groups is 1. The van der Waals surface area contributed by atoms with E-state index in [2.05, 4.69) is 27.3 Å². The molecule has 0 unspecified atom stereocenters. The average Bonchev–Trinajstić information content (AvgIpc) is 3.47. The Hall–Kier alpha value is -2.81. The Morgan fingerprint density at radius 3 is 2.88 bits per heavy atom. The van der Waals surface area contributed by atoms with Crippen molar-refractivity contribution in [1.29, 1.82) is 0 Å². The lowest BCUT2D eigenvalue weighted by atomic mass is 10.0. The number of benzene rings is 1. The van der Waals surface area contributed by atoms with Gasteiger partial charge >= 0.3 is 0 Å². The summed E-state index contributed by atoms with van der Waals surface area (Å²) >= 11 is 6.08. The molecule has 178 valence electrons. The number of halogens is 1. The van der Waals surface area contributed by atoms with Crippen LogP contribution in [-0.4, -0.2) is 49.6 Å². The van der Waals surface area contributed by atoms with Crippen LogP contribution in [0.3, 0.4) is 0 Å². The summed E-state index contributed by atoms with van der Waals surface area (Å²) in [5.41, 5.74) is 1.71. The number of nitrogens with one attached hydrogen (secondary N) is 1. The van der Waals surface area contributed by atoms with Gasteiger partial charge in [0.05, 0.1) is 24.3 Å². The van der Waals surface area contributed by atoms with Crippen LogP contribution in [0.2, 0.25) is 5.02 Å². The molecule has 1 saturated heterocycles. The maximum absolute atomic E-state index is 13.3. The summed E-state index contributed by atoms with van der Waals surface area (Å²) in [7, 11) is 0. The van der Waals surface area contributed by atoms with E-state index in [0.29, 0.717) is 34.6 Å². The van der Waals surface area contributed by atoms with E-state index in [1.807, 2.05) is 38.1 Å². The van der Waals surface area contributed by atoms with Crippen molar-refractivity contribution in [1.82, 2.24) is 19.7 Å². The second-order valence-corrected chi connectivity index (χ2v) is 9.80. The van der Waals surface area contributed by atoms with Crippen LogP contribution in [0.5, 0.6) is 0 Å². The third-order valence-corrected chi connectivity index (χ3v) is 6.73. The monoisotopic (exact) mass is 481 g/mol. The van der Waals surface area contributed by atoms with Crippen molar-refractivity contribution in [3.8, 4) is 0 Å². The summed E-state index contributed by atoms with van der Waals surface area (Å²) < 4.78 is 14.1. The second-order valence-electron chi connectivity index (χ2n) is 9.36. The predicted molar refractivity (Wildman–Crippen MR) is 128 cm³/mol. The Labute approximate surface area is 203 Å². The maximum Gasteiger partial charge on any atom is 0.218 e. The molecule has 3 aromatic rings. The smallest absolute Gasteiger partial charge is 0.218 e. The number of ether oxygens (including phenoxy) is 2. The lowest BCUT2D eigenvalue weighted by Crippen LogP contribution is -2.35. The fraction of sp³-hybridized carbons (Fsp3) is 0.440. The highest BCUT2D eigenvalue weighted by Crippen LogP contribution is 2.43. The number of rotatable bonds is 7. The van der Waals surface area contributed by atoms with Gasteiger partial charge in [-0.15, -0.1) is 0 Å². The van der Waals surface area contributed by atoms with Crippen molar-refractivity contribution in [3.05, 3.63) is 70.9 Å². The van der Waals surface area contributed by atoms with Gasteiger partial charge in [-0.2, -0.15) is 5.10 Å². The van der Waals surface area contributed by atoms with Gasteiger partial charge in [-0.1, -0.05) is 37.1 Å². The van der Waals surface area contributed by atoms with Gasteiger partial charge in [0.2, 0.25) is 5.78 Å². The Morgan fingerprint density at radius 1 is 1.26 bits per heavy atom. The number of hydrogen-bond acceptors (Lipinski definition) is 7. The van der Waals surface area contributed by atoms with E-state index in [0.717, 1.165) is 18.4 Å². The topological polar surface area (TPSA) is 91.2 Å². The first kappa shape index (κ1) is 23.0. The molecular formula is C25H28ClN5O3. The molecule has 9 heteroatoms. The molecule has 5 rings (SSSR count). The molecule has 8 nitrogen and oxygen atoms in total. The molecule has 1 aliphatic carbocycles. The first-order valence-corrected chi connectivity index (χ1v) is 12.0. The quantitative estimate of drug-likeness (QED) is 0.502. The Morgan fingerprint density at radius 2 is 2.09 bits per heavy atom. The fourth-order valence-corrected chi connectivity index (χ4v) is 5.16. The lowest BCUT2D eigenvalue weighted by molar-refractivity contribution is -0.157. The first-order chi connectivity index (χ1) is 16.3. The molecule has 0 amide bonds. The standard InChI is InChI=1S/C25H28ClN5O3/c1-4-16-11-20(23-22(16)33-25(2,3)34-23)29-24-18(12-27-14-28-24)21(32)19-8-9-31(30-19)13-15-6-5-7-17(26)10-15/h5-10,12,14,16,20,22-23H,4,11,13H2,1-3H3,(H,27,28,29)/t16-,20+,22+,23-/m0/s1. The van der Waals surface area contributed by atoms with E-state index in [1.165, 1.54) is 12.5 Å². The minimum Gasteiger partial charge on any atom is -0.364 e. The van der Waals surface area contributed by atoms with Gasteiger partial charge in [0.15, 0.2) is 5.79 Å². The summed E-state index contributed by atoms with van der Waals surface area (Å²) in [5, 5.41) is 8.60. The van der Waals surface area contributed by atoms with Crippen molar-refractivity contribution in [2.24, 2.45) is 5.92 Å². The van der Waals surface area contributed by atoms with Gasteiger partial charge in [0.1, 0.15) is 23.9 Å². The molecule has 2 aliphatic rings. The molecule has 2 fully saturated rings. The Balaban J connectivity index is 1.34. The molecule has 1 N–H and O–H groups in total. The maximum atomic E-state index is 13.3. The largest absolute Gasteiger partial charge is 0.364 e. The van der Waals surface area contributed by atoms with E-state index in [9.17, 15) is 4.79 Å². The molecular weight excluding hydrogens is 454 g/mol. The minimum atomic E-state index is -0.622. The van der Waals surface area contributed by atoms with Gasteiger partial charge in [0.25, 0.3) is 0 Å². The minimum absolute atomic E-state index is 0.0152. The summed E-state index contributed by atoms with van der Waals surface area (Å²) in [6.07, 6.45) is 6.57. The van der Waals surface area contributed by atoms with Crippen molar-refractivity contribution in [2.45, 2.75) is 64.2 Å². The van der Waals surface area contributed by atoms with Crippen molar-refractivity contribution in [2.75, 3.05) is 5.32 Å². The third-order valence-electron chi connectivity index (χ3n) is 6.49. The lowest BCUT2D eigenvalue weighted by Gasteiger charge is -2.24. The number of aromatic nitrogens is 4. The Bertz CT molecular complexity index is 1200. The van der Waals surface area contributed by atoms with E-state index in [-0.39, 0.29) is 24.0 Å². The zero-order valence-corrected chi connectivity index (χ0v) is 20.2. The summed E-state index contributed by atoms with van der Waals surface area (Å²) in [4.78, 5) is 21.8. The molecule has 1 saturated carbocycles. The summed E-state index contributed by atoms with van der Waals surface area (Å²) in [6.45, 7) is 6.56. The van der Waals surface area contributed by atoms with Gasteiger partial charge in [-0.25, -0.2) is 9.97 Å². The number of ketones is 1. The van der Waals surface area contributed by atoms with Gasteiger partial charge < -0.3 is 14.8 Å². The molecule has 34 heavy (non-hydrogen) atoms. The molecule has 1 aliphatic heterocycles. The van der Waals surface area contributed by atoms with Gasteiger partial charge in [-0.05, 0) is 49.9 Å². The fourth-order valence-electron chi connectivity index (χ4n) is 4.94. The van der Waals surface area contributed by atoms with Gasteiger partial charge in [-0.3, -0.25) is 9.48 Å². The highest BCUT2D eigenvalue weighted by molar-refractivity contribution is 6.30. The van der Waals surface area contributed by atoms with E-state index in [1.54, 1.807) is 16.9 Å². The number of nitrogens with zero attached hydrogens (tertiary/aromatic N) is 4. The van der Waals surface area contributed by atoms with Crippen molar-refractivity contribution in [3.63, 3.8) is 0 Å². The van der Waals surface area contributed by atoms with Crippen LogP contribution in [0.1, 0.15) is 55.2 Å². The third kappa shape index (κ3) is 4.58. The predicted octanol–water partition coefficient (Wildman–Crippen LogP) is 4.34. The van der Waals surface area contributed by atoms with Crippen molar-refractivity contribution >= 4 is 23.2 Å². The summed E-state index contributed by atoms with van der Waals surface area (Å²) in [6, 6.07) is 9.26. The van der Waals surface area contributed by atoms with E-state index in [4.69, 9.17) is 21.1 Å². The molecule has 4 atom stereocenters. The molecule has 0 bridgehead atoms. The Kier molecular flexibility index (Phi) is 6.14.